The van der Waals surface area contributed by atoms with Crippen molar-refractivity contribution in [2.75, 3.05) is 13.7 Å². The van der Waals surface area contributed by atoms with Gasteiger partial charge in [0, 0.05) is 11.8 Å². The number of aliphatic hydroxyl groups is 1. The monoisotopic (exact) mass is 406 g/mol. The molecule has 8 nitrogen and oxygen atoms in total. The Balaban J connectivity index is 1.91. The van der Waals surface area contributed by atoms with Crippen molar-refractivity contribution in [3.05, 3.63) is 11.6 Å². The van der Waals surface area contributed by atoms with Crippen molar-refractivity contribution < 1.29 is 38.5 Å². The van der Waals surface area contributed by atoms with Crippen molar-refractivity contribution >= 4 is 23.7 Å². The fourth-order valence-electron chi connectivity index (χ4n) is 6.60. The van der Waals surface area contributed by atoms with Crippen molar-refractivity contribution in [3.63, 3.8) is 0 Å². The van der Waals surface area contributed by atoms with Crippen molar-refractivity contribution in [2.24, 2.45) is 34.5 Å². The Kier molecular flexibility index (Phi) is 4.42. The molecular weight excluding hydrogens is 380 g/mol. The summed E-state index contributed by atoms with van der Waals surface area (Å²) >= 11 is 0. The maximum absolute atomic E-state index is 13.0. The summed E-state index contributed by atoms with van der Waals surface area (Å²) in [5.41, 5.74) is -1.36. The van der Waals surface area contributed by atoms with E-state index in [4.69, 9.17) is 14.2 Å². The smallest absolute Gasteiger partial charge is 0.310 e. The minimum Gasteiger partial charge on any atom is -0.469 e. The first-order chi connectivity index (χ1) is 13.6. The van der Waals surface area contributed by atoms with E-state index < -0.39 is 64.5 Å². The van der Waals surface area contributed by atoms with Crippen LogP contribution in [0.15, 0.2) is 11.6 Å². The molecule has 2 aliphatic heterocycles. The van der Waals surface area contributed by atoms with Gasteiger partial charge in [0.05, 0.1) is 24.4 Å². The molecule has 0 bridgehead atoms. The van der Waals surface area contributed by atoms with Crippen LogP contribution in [-0.2, 0) is 33.4 Å². The highest BCUT2D eigenvalue weighted by Crippen LogP contribution is 2.67. The summed E-state index contributed by atoms with van der Waals surface area (Å²) in [7, 11) is 1.28. The quantitative estimate of drug-likeness (QED) is 0.529. The summed E-state index contributed by atoms with van der Waals surface area (Å²) in [6.45, 7) is 5.18. The number of carbonyl (C=O) groups excluding carboxylic acids is 4. The lowest BCUT2D eigenvalue weighted by Crippen LogP contribution is -2.68. The number of aliphatic hydroxyl groups excluding tert-OH is 1. The predicted molar refractivity (Wildman–Crippen MR) is 97.0 cm³/mol. The van der Waals surface area contributed by atoms with Crippen LogP contribution in [-0.4, -0.2) is 54.7 Å². The highest BCUT2D eigenvalue weighted by molar-refractivity contribution is 5.97. The molecule has 8 atom stereocenters. The van der Waals surface area contributed by atoms with Gasteiger partial charge >= 0.3 is 17.9 Å². The normalized spacial score (nSPS) is 44.5. The molecule has 4 rings (SSSR count). The maximum Gasteiger partial charge on any atom is 0.310 e. The Morgan fingerprint density at radius 3 is 2.69 bits per heavy atom. The maximum atomic E-state index is 13.0. The number of hydrogen-bond donors (Lipinski definition) is 1. The minimum atomic E-state index is -1.38. The van der Waals surface area contributed by atoms with Crippen LogP contribution in [0.4, 0.5) is 0 Å². The van der Waals surface area contributed by atoms with Gasteiger partial charge in [0.15, 0.2) is 5.78 Å². The molecule has 1 saturated carbocycles. The van der Waals surface area contributed by atoms with Gasteiger partial charge in [-0.05, 0) is 31.3 Å². The Morgan fingerprint density at radius 2 is 2.03 bits per heavy atom. The number of cyclic esters (lactones) is 1. The molecule has 0 amide bonds. The van der Waals surface area contributed by atoms with Crippen LogP contribution in [0.2, 0.25) is 0 Å². The van der Waals surface area contributed by atoms with Crippen LogP contribution in [0.1, 0.15) is 33.6 Å². The summed E-state index contributed by atoms with van der Waals surface area (Å²) in [4.78, 5) is 50.4. The van der Waals surface area contributed by atoms with E-state index in [-0.39, 0.29) is 18.9 Å². The Hall–Kier alpha value is -2.22. The molecule has 3 fully saturated rings. The zero-order valence-corrected chi connectivity index (χ0v) is 17.0. The first-order valence-electron chi connectivity index (χ1n) is 9.93. The summed E-state index contributed by atoms with van der Waals surface area (Å²) in [6.07, 6.45) is -0.328. The molecule has 0 aromatic heterocycles. The zero-order valence-electron chi connectivity index (χ0n) is 17.0. The molecule has 0 unspecified atom stereocenters. The van der Waals surface area contributed by atoms with Crippen molar-refractivity contribution in [1.82, 2.24) is 0 Å². The minimum absolute atomic E-state index is 0.0214. The average molecular weight is 406 g/mol. The van der Waals surface area contributed by atoms with Crippen LogP contribution in [0.5, 0.6) is 0 Å². The van der Waals surface area contributed by atoms with E-state index in [1.807, 2.05) is 0 Å². The van der Waals surface area contributed by atoms with Crippen LogP contribution in [0.3, 0.4) is 0 Å². The highest BCUT2D eigenvalue weighted by Gasteiger charge is 2.75. The number of esters is 3. The van der Waals surface area contributed by atoms with E-state index in [0.717, 1.165) is 5.57 Å². The number of ether oxygens (including phenoxy) is 3. The lowest BCUT2D eigenvalue weighted by Gasteiger charge is -2.61. The Morgan fingerprint density at radius 1 is 1.34 bits per heavy atom. The largest absolute Gasteiger partial charge is 0.469 e. The number of allylic oxidation sites excluding steroid dienone is 1. The van der Waals surface area contributed by atoms with Crippen molar-refractivity contribution in [1.29, 1.82) is 0 Å². The van der Waals surface area contributed by atoms with Gasteiger partial charge in [-0.2, -0.15) is 0 Å². The molecule has 8 heteroatoms. The SMILES string of the molecule is COC(=O)[C@H](C)[C@H]1CC(=O)O[C@@H]2C[C@H]3C(C)=CC(=O)[C@@H](O)[C@]3(C)[C@H]3C(=O)OC[C@]132. The second kappa shape index (κ2) is 6.39. The van der Waals surface area contributed by atoms with E-state index in [1.54, 1.807) is 20.8 Å². The molecule has 29 heavy (non-hydrogen) atoms. The lowest BCUT2D eigenvalue weighted by molar-refractivity contribution is -0.225. The third-order valence-electron chi connectivity index (χ3n) is 7.97. The molecule has 0 radical (unpaired) electrons. The molecule has 2 aliphatic carbocycles. The Labute approximate surface area is 168 Å². The highest BCUT2D eigenvalue weighted by atomic mass is 16.6. The first-order valence-corrected chi connectivity index (χ1v) is 9.93. The van der Waals surface area contributed by atoms with Gasteiger partial charge < -0.3 is 19.3 Å². The fourth-order valence-corrected chi connectivity index (χ4v) is 6.60. The third kappa shape index (κ3) is 2.41. The number of hydrogen-bond acceptors (Lipinski definition) is 8. The molecular formula is C21H26O8. The van der Waals surface area contributed by atoms with E-state index >= 15 is 0 Å². The molecule has 0 aromatic carbocycles. The molecule has 1 N–H and O–H groups in total. The average Bonchev–Trinajstić information content (AvgIpc) is 3.03. The lowest BCUT2D eigenvalue weighted by atomic mass is 9.42. The standard InChI is InChI=1S/C21H26O8/c1-9-5-13(22)17(24)20(3)11(9)6-14-21(8-28-19(26)16(20)21)12(7-15(23)29-14)10(2)18(25)27-4/h5,10-12,14,16-17,24H,6-8H2,1-4H3/t10-,11+,12-,14-,16-,17-,20+,21-/m1/s1. The Bertz CT molecular complexity index is 831. The topological polar surface area (TPSA) is 116 Å². The first kappa shape index (κ1) is 20.1. The van der Waals surface area contributed by atoms with Crippen LogP contribution >= 0.6 is 0 Å². The van der Waals surface area contributed by atoms with Crippen LogP contribution < -0.4 is 0 Å². The molecule has 4 aliphatic rings. The van der Waals surface area contributed by atoms with E-state index in [9.17, 15) is 24.3 Å². The van der Waals surface area contributed by atoms with Gasteiger partial charge in [0.1, 0.15) is 18.8 Å². The van der Waals surface area contributed by atoms with Crippen LogP contribution in [0.25, 0.3) is 0 Å². The predicted octanol–water partition coefficient (Wildman–Crippen LogP) is 0.803. The second-order valence-electron chi connectivity index (χ2n) is 9.10. The zero-order chi connectivity index (χ0) is 21.3. The second-order valence-corrected chi connectivity index (χ2v) is 9.10. The summed E-state index contributed by atoms with van der Waals surface area (Å²) in [6, 6.07) is 0. The summed E-state index contributed by atoms with van der Waals surface area (Å²) < 4.78 is 16.1. The summed E-state index contributed by atoms with van der Waals surface area (Å²) in [5, 5.41) is 10.9. The van der Waals surface area contributed by atoms with Gasteiger partial charge in [-0.15, -0.1) is 0 Å². The molecule has 1 spiro atoms. The molecule has 2 saturated heterocycles. The molecule has 0 aromatic rings. The van der Waals surface area contributed by atoms with Crippen LogP contribution in [0, 0.1) is 34.5 Å². The van der Waals surface area contributed by atoms with Gasteiger partial charge in [-0.25, -0.2) is 0 Å². The molecule has 2 heterocycles. The summed E-state index contributed by atoms with van der Waals surface area (Å²) in [5.74, 6) is -4.35. The third-order valence-corrected chi connectivity index (χ3v) is 7.97. The fraction of sp³-hybridized carbons (Fsp3) is 0.714. The van der Waals surface area contributed by atoms with Crippen molar-refractivity contribution in [3.8, 4) is 0 Å². The number of methoxy groups -OCH3 is 1. The number of carbonyl (C=O) groups is 4. The van der Waals surface area contributed by atoms with E-state index in [0.29, 0.717) is 6.42 Å². The van der Waals surface area contributed by atoms with E-state index in [2.05, 4.69) is 0 Å². The van der Waals surface area contributed by atoms with Gasteiger partial charge in [-0.1, -0.05) is 19.4 Å². The van der Waals surface area contributed by atoms with Gasteiger partial charge in [0.25, 0.3) is 0 Å². The number of rotatable bonds is 2. The number of ketones is 1. The van der Waals surface area contributed by atoms with Crippen molar-refractivity contribution in [2.45, 2.75) is 45.8 Å². The molecule has 158 valence electrons. The number of fused-ring (bicyclic) bond motifs is 2. The van der Waals surface area contributed by atoms with Gasteiger partial charge in [-0.3, -0.25) is 19.2 Å². The van der Waals surface area contributed by atoms with E-state index in [1.165, 1.54) is 13.2 Å². The van der Waals surface area contributed by atoms with Gasteiger partial charge in [0.2, 0.25) is 0 Å².